The molecule has 6 nitrogen and oxygen atoms in total. The molecular formula is C12H10N2O4. The molecule has 1 amide bonds. The zero-order valence-electron chi connectivity index (χ0n) is 9.20. The average Bonchev–Trinajstić information content (AvgIpc) is 2.81. The fraction of sp³-hybridized carbons (Fsp3) is 0. The second-order valence-electron chi connectivity index (χ2n) is 3.42. The number of benzene rings is 1. The Morgan fingerprint density at radius 3 is 2.83 bits per heavy atom. The number of hydrogen-bond donors (Lipinski definition) is 3. The molecule has 0 radical (unpaired) electrons. The van der Waals surface area contributed by atoms with E-state index in [1.54, 1.807) is 12.1 Å². The molecule has 0 bridgehead atoms. The van der Waals surface area contributed by atoms with Gasteiger partial charge in [0.15, 0.2) is 0 Å². The summed E-state index contributed by atoms with van der Waals surface area (Å²) in [4.78, 5) is 11.6. The molecule has 1 aromatic heterocycles. The highest BCUT2D eigenvalue weighted by atomic mass is 16.3. The van der Waals surface area contributed by atoms with Crippen LogP contribution in [0.4, 0.5) is 0 Å². The third kappa shape index (κ3) is 2.67. The van der Waals surface area contributed by atoms with Crippen LogP contribution >= 0.6 is 0 Å². The highest BCUT2D eigenvalue weighted by molar-refractivity contribution is 5.97. The van der Waals surface area contributed by atoms with Gasteiger partial charge in [0.05, 0.1) is 18.0 Å². The maximum atomic E-state index is 11.6. The summed E-state index contributed by atoms with van der Waals surface area (Å²) in [6.45, 7) is 0. The highest BCUT2D eigenvalue weighted by Gasteiger charge is 2.10. The number of hydrogen-bond acceptors (Lipinski definition) is 5. The molecule has 0 aliphatic rings. The minimum atomic E-state index is -0.588. The Balaban J connectivity index is 2.04. The number of phenolic OH excluding ortho intramolecular Hbond substituents is 2. The van der Waals surface area contributed by atoms with Crippen LogP contribution in [0, 0.1) is 0 Å². The van der Waals surface area contributed by atoms with Gasteiger partial charge in [-0.15, -0.1) is 0 Å². The van der Waals surface area contributed by atoms with Gasteiger partial charge in [-0.3, -0.25) is 4.79 Å². The van der Waals surface area contributed by atoms with E-state index in [1.165, 1.54) is 24.6 Å². The van der Waals surface area contributed by atoms with Crippen LogP contribution in [0.1, 0.15) is 16.1 Å². The number of nitrogens with zero attached hydrogens (tertiary/aromatic N) is 1. The quantitative estimate of drug-likeness (QED) is 0.564. The van der Waals surface area contributed by atoms with Crippen molar-refractivity contribution in [1.29, 1.82) is 0 Å². The van der Waals surface area contributed by atoms with Crippen LogP contribution in [0.5, 0.6) is 11.5 Å². The molecule has 1 aromatic carbocycles. The van der Waals surface area contributed by atoms with Crippen molar-refractivity contribution >= 4 is 12.1 Å². The van der Waals surface area contributed by atoms with Gasteiger partial charge in [-0.25, -0.2) is 5.43 Å². The highest BCUT2D eigenvalue weighted by Crippen LogP contribution is 2.22. The Bertz CT molecular complexity index is 576. The van der Waals surface area contributed by atoms with Crippen molar-refractivity contribution < 1.29 is 19.4 Å². The van der Waals surface area contributed by atoms with Crippen molar-refractivity contribution in [2.24, 2.45) is 5.10 Å². The normalized spacial score (nSPS) is 10.7. The van der Waals surface area contributed by atoms with E-state index < -0.39 is 5.91 Å². The molecule has 0 aliphatic carbocycles. The van der Waals surface area contributed by atoms with Gasteiger partial charge in [0.25, 0.3) is 5.91 Å². The van der Waals surface area contributed by atoms with Gasteiger partial charge >= 0.3 is 0 Å². The molecule has 0 fully saturated rings. The van der Waals surface area contributed by atoms with E-state index in [1.807, 2.05) is 0 Å². The third-order valence-corrected chi connectivity index (χ3v) is 2.13. The van der Waals surface area contributed by atoms with Crippen LogP contribution in [-0.2, 0) is 0 Å². The minimum Gasteiger partial charge on any atom is -0.508 e. The molecule has 0 unspecified atom stereocenters. The first kappa shape index (κ1) is 11.7. The van der Waals surface area contributed by atoms with Gasteiger partial charge in [0.1, 0.15) is 17.3 Å². The Morgan fingerprint density at radius 1 is 1.33 bits per heavy atom. The summed E-state index contributed by atoms with van der Waals surface area (Å²) in [7, 11) is 0. The molecule has 2 aromatic rings. The topological polar surface area (TPSA) is 95.1 Å². The predicted octanol–water partition coefficient (Wildman–Crippen LogP) is 1.45. The number of aromatic hydroxyl groups is 2. The Labute approximate surface area is 102 Å². The molecule has 0 saturated carbocycles. The molecule has 3 N–H and O–H groups in total. The largest absolute Gasteiger partial charge is 0.508 e. The van der Waals surface area contributed by atoms with E-state index in [9.17, 15) is 9.90 Å². The number of furan rings is 1. The number of phenols is 2. The van der Waals surface area contributed by atoms with Crippen LogP contribution in [0.2, 0.25) is 0 Å². The maximum absolute atomic E-state index is 11.6. The van der Waals surface area contributed by atoms with Crippen LogP contribution in [-0.4, -0.2) is 22.3 Å². The summed E-state index contributed by atoms with van der Waals surface area (Å²) < 4.78 is 4.98. The zero-order valence-corrected chi connectivity index (χ0v) is 9.20. The molecule has 1 heterocycles. The zero-order chi connectivity index (χ0) is 13.0. The molecule has 0 atom stereocenters. The smallest absolute Gasteiger partial charge is 0.275 e. The maximum Gasteiger partial charge on any atom is 0.275 e. The first-order chi connectivity index (χ1) is 8.66. The number of carbonyl (C=O) groups excluding carboxylic acids is 1. The van der Waals surface area contributed by atoms with E-state index in [4.69, 9.17) is 9.52 Å². The second-order valence-corrected chi connectivity index (χ2v) is 3.42. The van der Waals surface area contributed by atoms with E-state index in [2.05, 4.69) is 10.5 Å². The van der Waals surface area contributed by atoms with Gasteiger partial charge in [-0.1, -0.05) is 0 Å². The van der Waals surface area contributed by atoms with E-state index in [0.717, 1.165) is 6.07 Å². The molecule has 0 saturated heterocycles. The standard InChI is InChI=1S/C12H10N2O4/c15-8-3-4-10(11(16)6-8)12(17)14-13-7-9-2-1-5-18-9/h1-7,15-16H,(H,14,17). The lowest BCUT2D eigenvalue weighted by molar-refractivity contribution is 0.0952. The Hall–Kier alpha value is -2.76. The average molecular weight is 246 g/mol. The number of carbonyl (C=O) groups is 1. The van der Waals surface area contributed by atoms with Crippen molar-refractivity contribution in [2.45, 2.75) is 0 Å². The van der Waals surface area contributed by atoms with Crippen LogP contribution < -0.4 is 5.43 Å². The Morgan fingerprint density at radius 2 is 2.17 bits per heavy atom. The minimum absolute atomic E-state index is 0.0180. The number of rotatable bonds is 3. The lowest BCUT2D eigenvalue weighted by atomic mass is 10.2. The molecular weight excluding hydrogens is 236 g/mol. The van der Waals surface area contributed by atoms with Crippen molar-refractivity contribution in [1.82, 2.24) is 5.43 Å². The van der Waals surface area contributed by atoms with Gasteiger partial charge in [-0.05, 0) is 24.3 Å². The third-order valence-electron chi connectivity index (χ3n) is 2.13. The fourth-order valence-corrected chi connectivity index (χ4v) is 1.29. The summed E-state index contributed by atoms with van der Waals surface area (Å²) in [5.41, 5.74) is 2.24. The number of hydrazone groups is 1. The van der Waals surface area contributed by atoms with E-state index in [-0.39, 0.29) is 17.1 Å². The predicted molar refractivity (Wildman–Crippen MR) is 63.5 cm³/mol. The lowest BCUT2D eigenvalue weighted by Gasteiger charge is -2.02. The van der Waals surface area contributed by atoms with Crippen LogP contribution in [0.25, 0.3) is 0 Å². The summed E-state index contributed by atoms with van der Waals surface area (Å²) in [6, 6.07) is 7.03. The molecule has 18 heavy (non-hydrogen) atoms. The van der Waals surface area contributed by atoms with E-state index in [0.29, 0.717) is 5.76 Å². The molecule has 92 valence electrons. The van der Waals surface area contributed by atoms with Gasteiger partial charge in [0, 0.05) is 6.07 Å². The molecule has 6 heteroatoms. The number of nitrogens with one attached hydrogen (secondary N) is 1. The first-order valence-corrected chi connectivity index (χ1v) is 5.06. The molecule has 0 spiro atoms. The SMILES string of the molecule is O=C(NN=Cc1ccco1)c1ccc(O)cc1O. The van der Waals surface area contributed by atoms with Crippen molar-refractivity contribution in [3.63, 3.8) is 0 Å². The lowest BCUT2D eigenvalue weighted by Crippen LogP contribution is -2.17. The molecule has 2 rings (SSSR count). The number of amides is 1. The summed E-state index contributed by atoms with van der Waals surface area (Å²) in [5.74, 6) is -0.538. The van der Waals surface area contributed by atoms with Crippen LogP contribution in [0.3, 0.4) is 0 Å². The van der Waals surface area contributed by atoms with Gasteiger partial charge in [0.2, 0.25) is 0 Å². The summed E-state index contributed by atoms with van der Waals surface area (Å²) >= 11 is 0. The van der Waals surface area contributed by atoms with Crippen molar-refractivity contribution in [2.75, 3.05) is 0 Å². The van der Waals surface area contributed by atoms with E-state index >= 15 is 0 Å². The van der Waals surface area contributed by atoms with Crippen molar-refractivity contribution in [3.05, 3.63) is 47.9 Å². The monoisotopic (exact) mass is 246 g/mol. The fourth-order valence-electron chi connectivity index (χ4n) is 1.29. The second kappa shape index (κ2) is 5.05. The summed E-state index contributed by atoms with van der Waals surface area (Å²) in [6.07, 6.45) is 2.81. The van der Waals surface area contributed by atoms with Gasteiger partial charge in [-0.2, -0.15) is 5.10 Å². The van der Waals surface area contributed by atoms with Crippen molar-refractivity contribution in [3.8, 4) is 11.5 Å². The van der Waals surface area contributed by atoms with Gasteiger partial charge < -0.3 is 14.6 Å². The first-order valence-electron chi connectivity index (χ1n) is 5.06. The van der Waals surface area contributed by atoms with Crippen LogP contribution in [0.15, 0.2) is 46.1 Å². The Kier molecular flexibility index (Phi) is 3.29. The molecule has 0 aliphatic heterocycles. The summed E-state index contributed by atoms with van der Waals surface area (Å²) in [5, 5.41) is 22.2.